The molecule has 1 aromatic heterocycles. The van der Waals surface area contributed by atoms with Crippen LogP contribution in [0.15, 0.2) is 42.6 Å². The molecule has 0 saturated heterocycles. The first-order chi connectivity index (χ1) is 10.6. The number of carbonyl (C=O) groups excluding carboxylic acids is 2. The molecular formula is C16H16ClN3O2. The van der Waals surface area contributed by atoms with Crippen molar-refractivity contribution in [3.05, 3.63) is 64.4 Å². The maximum absolute atomic E-state index is 12.0. The van der Waals surface area contributed by atoms with Crippen LogP contribution in [0.5, 0.6) is 0 Å². The second kappa shape index (κ2) is 7.56. The first-order valence-electron chi connectivity index (χ1n) is 6.82. The van der Waals surface area contributed by atoms with Crippen molar-refractivity contribution < 1.29 is 9.59 Å². The standard InChI is InChI=1S/C16H16ClN3O2/c1-11-5-2-3-6-12(11)15(21)19-9-10-20-16(22)13-7-4-8-18-14(13)17/h2-8H,9-10H2,1H3,(H,19,21)(H,20,22). The second-order valence-corrected chi connectivity index (χ2v) is 5.03. The monoisotopic (exact) mass is 317 g/mol. The van der Waals surface area contributed by atoms with Gasteiger partial charge in [-0.2, -0.15) is 0 Å². The molecule has 1 heterocycles. The molecule has 0 aliphatic heterocycles. The van der Waals surface area contributed by atoms with E-state index in [1.807, 2.05) is 25.1 Å². The van der Waals surface area contributed by atoms with Gasteiger partial charge in [-0.25, -0.2) is 4.98 Å². The fraction of sp³-hybridized carbons (Fsp3) is 0.188. The highest BCUT2D eigenvalue weighted by atomic mass is 35.5. The quantitative estimate of drug-likeness (QED) is 0.656. The first-order valence-corrected chi connectivity index (χ1v) is 7.20. The van der Waals surface area contributed by atoms with Crippen LogP contribution in [-0.4, -0.2) is 29.9 Å². The molecule has 0 fully saturated rings. The van der Waals surface area contributed by atoms with Crippen LogP contribution in [-0.2, 0) is 0 Å². The van der Waals surface area contributed by atoms with Gasteiger partial charge in [0.2, 0.25) is 0 Å². The molecule has 2 N–H and O–H groups in total. The average Bonchev–Trinajstić information content (AvgIpc) is 2.52. The second-order valence-electron chi connectivity index (χ2n) is 4.67. The fourth-order valence-electron chi connectivity index (χ4n) is 1.93. The lowest BCUT2D eigenvalue weighted by atomic mass is 10.1. The number of hydrogen-bond acceptors (Lipinski definition) is 3. The summed E-state index contributed by atoms with van der Waals surface area (Å²) in [6.07, 6.45) is 1.52. The van der Waals surface area contributed by atoms with Crippen LogP contribution in [0.2, 0.25) is 5.15 Å². The van der Waals surface area contributed by atoms with E-state index >= 15 is 0 Å². The molecule has 2 rings (SSSR count). The summed E-state index contributed by atoms with van der Waals surface area (Å²) >= 11 is 5.84. The molecule has 114 valence electrons. The van der Waals surface area contributed by atoms with Gasteiger partial charge in [0.1, 0.15) is 5.15 Å². The maximum Gasteiger partial charge on any atom is 0.254 e. The van der Waals surface area contributed by atoms with Crippen molar-refractivity contribution in [2.45, 2.75) is 6.92 Å². The summed E-state index contributed by atoms with van der Waals surface area (Å²) in [5, 5.41) is 5.60. The smallest absolute Gasteiger partial charge is 0.254 e. The van der Waals surface area contributed by atoms with E-state index < -0.39 is 0 Å². The van der Waals surface area contributed by atoms with E-state index in [4.69, 9.17) is 11.6 Å². The summed E-state index contributed by atoms with van der Waals surface area (Å²) in [6, 6.07) is 10.6. The van der Waals surface area contributed by atoms with Crippen LogP contribution in [0.1, 0.15) is 26.3 Å². The van der Waals surface area contributed by atoms with Crippen LogP contribution in [0, 0.1) is 6.92 Å². The van der Waals surface area contributed by atoms with Crippen LogP contribution >= 0.6 is 11.6 Å². The molecule has 2 aromatic rings. The summed E-state index contributed by atoms with van der Waals surface area (Å²) in [5.74, 6) is -0.477. The van der Waals surface area contributed by atoms with E-state index in [2.05, 4.69) is 15.6 Å². The van der Waals surface area contributed by atoms with E-state index in [-0.39, 0.29) is 17.0 Å². The summed E-state index contributed by atoms with van der Waals surface area (Å²) in [4.78, 5) is 27.7. The van der Waals surface area contributed by atoms with Crippen LogP contribution in [0.3, 0.4) is 0 Å². The van der Waals surface area contributed by atoms with Crippen molar-refractivity contribution in [3.8, 4) is 0 Å². The van der Waals surface area contributed by atoms with Gasteiger partial charge >= 0.3 is 0 Å². The van der Waals surface area contributed by atoms with Crippen molar-refractivity contribution in [1.29, 1.82) is 0 Å². The third-order valence-electron chi connectivity index (χ3n) is 3.09. The van der Waals surface area contributed by atoms with Crippen LogP contribution in [0.4, 0.5) is 0 Å². The summed E-state index contributed by atoms with van der Waals surface area (Å²) in [6.45, 7) is 2.51. The third kappa shape index (κ3) is 4.05. The number of pyridine rings is 1. The number of nitrogens with one attached hydrogen (secondary N) is 2. The fourth-order valence-corrected chi connectivity index (χ4v) is 2.13. The van der Waals surface area contributed by atoms with Gasteiger partial charge in [0, 0.05) is 24.8 Å². The van der Waals surface area contributed by atoms with Crippen LogP contribution < -0.4 is 10.6 Å². The summed E-state index contributed by atoms with van der Waals surface area (Å²) in [7, 11) is 0. The SMILES string of the molecule is Cc1ccccc1C(=O)NCCNC(=O)c1cccnc1Cl. The number of benzene rings is 1. The number of rotatable bonds is 5. The molecule has 22 heavy (non-hydrogen) atoms. The topological polar surface area (TPSA) is 71.1 Å². The van der Waals surface area contributed by atoms with Crippen molar-refractivity contribution in [2.24, 2.45) is 0 Å². The highest BCUT2D eigenvalue weighted by Gasteiger charge is 2.10. The molecule has 0 radical (unpaired) electrons. The van der Waals surface area contributed by atoms with Gasteiger partial charge in [-0.1, -0.05) is 29.8 Å². The minimum atomic E-state index is -0.316. The Hall–Kier alpha value is -2.40. The predicted octanol–water partition coefficient (Wildman–Crippen LogP) is 2.20. The number of nitrogens with zero attached hydrogens (tertiary/aromatic N) is 1. The van der Waals surface area contributed by atoms with E-state index in [0.29, 0.717) is 24.2 Å². The summed E-state index contributed by atoms with van der Waals surface area (Å²) in [5.41, 5.74) is 1.85. The van der Waals surface area contributed by atoms with E-state index in [1.165, 1.54) is 6.20 Å². The Kier molecular flexibility index (Phi) is 5.49. The highest BCUT2D eigenvalue weighted by Crippen LogP contribution is 2.10. The lowest BCUT2D eigenvalue weighted by Crippen LogP contribution is -2.35. The Labute approximate surface area is 133 Å². The lowest BCUT2D eigenvalue weighted by Gasteiger charge is -2.09. The van der Waals surface area contributed by atoms with E-state index in [1.54, 1.807) is 18.2 Å². The van der Waals surface area contributed by atoms with Gasteiger partial charge in [0.05, 0.1) is 5.56 Å². The molecule has 0 aliphatic rings. The van der Waals surface area contributed by atoms with Crippen molar-refractivity contribution in [1.82, 2.24) is 15.6 Å². The Morgan fingerprint density at radius 3 is 2.23 bits per heavy atom. The minimum absolute atomic E-state index is 0.156. The molecular weight excluding hydrogens is 302 g/mol. The zero-order valence-corrected chi connectivity index (χ0v) is 12.9. The molecule has 2 amide bonds. The Balaban J connectivity index is 1.80. The molecule has 0 unspecified atom stereocenters. The zero-order chi connectivity index (χ0) is 15.9. The number of hydrogen-bond donors (Lipinski definition) is 2. The molecule has 0 spiro atoms. The number of aromatic nitrogens is 1. The molecule has 0 atom stereocenters. The maximum atomic E-state index is 12.0. The number of aryl methyl sites for hydroxylation is 1. The van der Waals surface area contributed by atoms with E-state index in [9.17, 15) is 9.59 Å². The Morgan fingerprint density at radius 1 is 1.00 bits per heavy atom. The van der Waals surface area contributed by atoms with Crippen molar-refractivity contribution >= 4 is 23.4 Å². The molecule has 6 heteroatoms. The van der Waals surface area contributed by atoms with Gasteiger partial charge in [-0.05, 0) is 30.7 Å². The van der Waals surface area contributed by atoms with Crippen molar-refractivity contribution in [2.75, 3.05) is 13.1 Å². The van der Waals surface area contributed by atoms with Gasteiger partial charge in [-0.15, -0.1) is 0 Å². The molecule has 0 saturated carbocycles. The minimum Gasteiger partial charge on any atom is -0.350 e. The third-order valence-corrected chi connectivity index (χ3v) is 3.39. The van der Waals surface area contributed by atoms with E-state index in [0.717, 1.165) is 5.56 Å². The normalized spacial score (nSPS) is 10.1. The number of carbonyl (C=O) groups is 2. The largest absolute Gasteiger partial charge is 0.350 e. The van der Waals surface area contributed by atoms with Crippen LogP contribution in [0.25, 0.3) is 0 Å². The lowest BCUT2D eigenvalue weighted by molar-refractivity contribution is 0.0927. The summed E-state index contributed by atoms with van der Waals surface area (Å²) < 4.78 is 0. The average molecular weight is 318 g/mol. The molecule has 0 aliphatic carbocycles. The first kappa shape index (κ1) is 16.0. The highest BCUT2D eigenvalue weighted by molar-refractivity contribution is 6.32. The molecule has 5 nitrogen and oxygen atoms in total. The molecule has 0 bridgehead atoms. The van der Waals surface area contributed by atoms with Gasteiger partial charge in [0.15, 0.2) is 0 Å². The van der Waals surface area contributed by atoms with Gasteiger partial charge < -0.3 is 10.6 Å². The van der Waals surface area contributed by atoms with Crippen molar-refractivity contribution in [3.63, 3.8) is 0 Å². The number of amides is 2. The predicted molar refractivity (Wildman–Crippen MR) is 85.1 cm³/mol. The Morgan fingerprint density at radius 2 is 1.59 bits per heavy atom. The number of halogens is 1. The Bertz CT molecular complexity index is 629. The molecule has 1 aromatic carbocycles. The van der Waals surface area contributed by atoms with Gasteiger partial charge in [0.25, 0.3) is 11.8 Å². The zero-order valence-electron chi connectivity index (χ0n) is 12.1. The van der Waals surface area contributed by atoms with Gasteiger partial charge in [-0.3, -0.25) is 9.59 Å².